The zero-order chi connectivity index (χ0) is 22.0. The number of pyridine rings is 1. The third-order valence-electron chi connectivity index (χ3n) is 5.18. The maximum absolute atomic E-state index is 14.4. The van der Waals surface area contributed by atoms with Gasteiger partial charge in [0, 0.05) is 36.6 Å². The molecule has 6 nitrogen and oxygen atoms in total. The first-order valence-electron chi connectivity index (χ1n) is 9.84. The fourth-order valence-electron chi connectivity index (χ4n) is 3.63. The van der Waals surface area contributed by atoms with Crippen LogP contribution in [0.1, 0.15) is 22.3 Å². The average molecular weight is 425 g/mol. The number of nitrogens with one attached hydrogen (secondary N) is 1. The number of hydrogen-bond acceptors (Lipinski definition) is 4. The summed E-state index contributed by atoms with van der Waals surface area (Å²) < 4.78 is 34.2. The number of aryl methyl sites for hydroxylation is 1. The summed E-state index contributed by atoms with van der Waals surface area (Å²) in [6, 6.07) is 12.0. The van der Waals surface area contributed by atoms with Crippen LogP contribution < -0.4 is 5.32 Å². The number of halogens is 2. The summed E-state index contributed by atoms with van der Waals surface area (Å²) in [5.74, 6) is -4.83. The Bertz CT molecular complexity index is 1080. The number of rotatable bonds is 4. The lowest BCUT2D eigenvalue weighted by Crippen LogP contribution is -2.52. The van der Waals surface area contributed by atoms with Crippen LogP contribution in [0, 0.1) is 12.8 Å². The minimum Gasteiger partial charge on any atom is -0.464 e. The van der Waals surface area contributed by atoms with Crippen molar-refractivity contribution >= 4 is 17.5 Å². The molecule has 0 saturated carbocycles. The number of amides is 2. The van der Waals surface area contributed by atoms with Crippen molar-refractivity contribution in [2.75, 3.05) is 18.4 Å². The third kappa shape index (κ3) is 4.79. The standard InChI is InChI=1S/C23H21F2N3O3/c1-15-4-6-19(7-5-15)27-21(29)18-10-23(24,25)14-28(13-18)22(30)17-9-16(11-26-12-17)20-3-2-8-31-20/h2-9,11-12,18H,10,13-14H2,1H3,(H,27,29). The van der Waals surface area contributed by atoms with E-state index in [0.29, 0.717) is 17.0 Å². The summed E-state index contributed by atoms with van der Waals surface area (Å²) >= 11 is 0. The van der Waals surface area contributed by atoms with Crippen LogP contribution in [0.15, 0.2) is 65.5 Å². The fraction of sp³-hybridized carbons (Fsp3) is 0.261. The smallest absolute Gasteiger partial charge is 0.266 e. The van der Waals surface area contributed by atoms with Crippen LogP contribution in [-0.2, 0) is 4.79 Å². The Labute approximate surface area is 177 Å². The van der Waals surface area contributed by atoms with Gasteiger partial charge < -0.3 is 14.6 Å². The predicted molar refractivity (Wildman–Crippen MR) is 111 cm³/mol. The van der Waals surface area contributed by atoms with Crippen molar-refractivity contribution in [2.45, 2.75) is 19.3 Å². The van der Waals surface area contributed by atoms with Crippen LogP contribution in [0.2, 0.25) is 0 Å². The van der Waals surface area contributed by atoms with E-state index in [4.69, 9.17) is 4.42 Å². The quantitative estimate of drug-likeness (QED) is 0.673. The van der Waals surface area contributed by atoms with Crippen LogP contribution in [0.25, 0.3) is 11.3 Å². The lowest BCUT2D eigenvalue weighted by Gasteiger charge is -2.37. The van der Waals surface area contributed by atoms with E-state index in [1.54, 1.807) is 30.3 Å². The van der Waals surface area contributed by atoms with Gasteiger partial charge in [0.1, 0.15) is 5.76 Å². The van der Waals surface area contributed by atoms with Crippen molar-refractivity contribution < 1.29 is 22.8 Å². The molecule has 1 aliphatic rings. The molecule has 0 bridgehead atoms. The van der Waals surface area contributed by atoms with Crippen molar-refractivity contribution in [3.05, 3.63) is 72.2 Å². The molecule has 0 aliphatic carbocycles. The number of hydrogen-bond donors (Lipinski definition) is 1. The summed E-state index contributed by atoms with van der Waals surface area (Å²) in [6.07, 6.45) is 3.73. The van der Waals surface area contributed by atoms with Gasteiger partial charge in [0.25, 0.3) is 11.8 Å². The van der Waals surface area contributed by atoms with E-state index < -0.39 is 36.6 Å². The lowest BCUT2D eigenvalue weighted by molar-refractivity contribution is -0.130. The highest BCUT2D eigenvalue weighted by Gasteiger charge is 2.44. The molecule has 3 aromatic rings. The van der Waals surface area contributed by atoms with Gasteiger partial charge in [0.2, 0.25) is 5.91 Å². The molecule has 1 atom stereocenters. The Kier molecular flexibility index (Phi) is 5.54. The van der Waals surface area contributed by atoms with Gasteiger partial charge in [0.15, 0.2) is 0 Å². The number of alkyl halides is 2. The van der Waals surface area contributed by atoms with E-state index in [-0.39, 0.29) is 12.1 Å². The van der Waals surface area contributed by atoms with Gasteiger partial charge in [-0.25, -0.2) is 8.78 Å². The molecular formula is C23H21F2N3O3. The van der Waals surface area contributed by atoms with E-state index in [0.717, 1.165) is 10.5 Å². The van der Waals surface area contributed by atoms with Crippen LogP contribution >= 0.6 is 0 Å². The summed E-state index contributed by atoms with van der Waals surface area (Å²) in [5, 5.41) is 2.67. The Morgan fingerprint density at radius 2 is 1.97 bits per heavy atom. The molecular weight excluding hydrogens is 404 g/mol. The molecule has 31 heavy (non-hydrogen) atoms. The molecule has 0 radical (unpaired) electrons. The van der Waals surface area contributed by atoms with Gasteiger partial charge in [0.05, 0.1) is 24.3 Å². The minimum absolute atomic E-state index is 0.100. The topological polar surface area (TPSA) is 75.4 Å². The van der Waals surface area contributed by atoms with Crippen molar-refractivity contribution in [2.24, 2.45) is 5.92 Å². The number of carbonyl (C=O) groups excluding carboxylic acids is 2. The first-order valence-corrected chi connectivity index (χ1v) is 9.84. The molecule has 1 fully saturated rings. The number of benzene rings is 1. The number of furan rings is 1. The number of carbonyl (C=O) groups is 2. The molecule has 1 aromatic carbocycles. The number of piperidine rings is 1. The first-order chi connectivity index (χ1) is 14.8. The molecule has 8 heteroatoms. The largest absolute Gasteiger partial charge is 0.464 e. The van der Waals surface area contributed by atoms with E-state index in [9.17, 15) is 18.4 Å². The van der Waals surface area contributed by atoms with E-state index >= 15 is 0 Å². The maximum Gasteiger partial charge on any atom is 0.266 e. The second-order valence-electron chi connectivity index (χ2n) is 7.74. The minimum atomic E-state index is -3.17. The van der Waals surface area contributed by atoms with Crippen LogP contribution in [-0.4, -0.2) is 40.7 Å². The Morgan fingerprint density at radius 3 is 2.68 bits per heavy atom. The summed E-state index contributed by atoms with van der Waals surface area (Å²) in [5.41, 5.74) is 2.26. The van der Waals surface area contributed by atoms with E-state index in [1.165, 1.54) is 18.7 Å². The van der Waals surface area contributed by atoms with Crippen LogP contribution in [0.4, 0.5) is 14.5 Å². The maximum atomic E-state index is 14.4. The molecule has 160 valence electrons. The van der Waals surface area contributed by atoms with Gasteiger partial charge in [-0.1, -0.05) is 17.7 Å². The molecule has 1 N–H and O–H groups in total. The van der Waals surface area contributed by atoms with Gasteiger partial charge in [-0.2, -0.15) is 0 Å². The van der Waals surface area contributed by atoms with E-state index in [1.807, 2.05) is 19.1 Å². The van der Waals surface area contributed by atoms with Crippen molar-refractivity contribution in [3.63, 3.8) is 0 Å². The second kappa shape index (κ2) is 8.29. The highest BCUT2D eigenvalue weighted by atomic mass is 19.3. The number of nitrogens with zero attached hydrogens (tertiary/aromatic N) is 2. The third-order valence-corrected chi connectivity index (χ3v) is 5.18. The van der Waals surface area contributed by atoms with Gasteiger partial charge in [-0.05, 0) is 37.3 Å². The Balaban J connectivity index is 1.51. The lowest BCUT2D eigenvalue weighted by atomic mass is 9.93. The highest BCUT2D eigenvalue weighted by Crippen LogP contribution is 2.32. The van der Waals surface area contributed by atoms with Crippen LogP contribution in [0.3, 0.4) is 0 Å². The highest BCUT2D eigenvalue weighted by molar-refractivity contribution is 5.97. The average Bonchev–Trinajstić information content (AvgIpc) is 3.29. The van der Waals surface area contributed by atoms with Gasteiger partial charge in [-0.15, -0.1) is 0 Å². The van der Waals surface area contributed by atoms with Crippen molar-refractivity contribution in [1.29, 1.82) is 0 Å². The zero-order valence-corrected chi connectivity index (χ0v) is 16.8. The zero-order valence-electron chi connectivity index (χ0n) is 16.8. The Hall–Kier alpha value is -3.55. The molecule has 2 aromatic heterocycles. The normalized spacial score (nSPS) is 17.9. The Morgan fingerprint density at radius 1 is 1.19 bits per heavy atom. The molecule has 1 unspecified atom stereocenters. The SMILES string of the molecule is Cc1ccc(NC(=O)C2CN(C(=O)c3cncc(-c4ccco4)c3)CC(F)(F)C2)cc1. The summed E-state index contributed by atoms with van der Waals surface area (Å²) in [6.45, 7) is 1.06. The molecule has 2 amide bonds. The molecule has 4 rings (SSSR count). The molecule has 1 saturated heterocycles. The number of aromatic nitrogens is 1. The second-order valence-corrected chi connectivity index (χ2v) is 7.74. The monoisotopic (exact) mass is 425 g/mol. The van der Waals surface area contributed by atoms with Gasteiger partial charge in [-0.3, -0.25) is 14.6 Å². The number of likely N-dealkylation sites (tertiary alicyclic amines) is 1. The van der Waals surface area contributed by atoms with Crippen molar-refractivity contribution in [1.82, 2.24) is 9.88 Å². The molecule has 3 heterocycles. The fourth-order valence-corrected chi connectivity index (χ4v) is 3.63. The molecule has 0 spiro atoms. The summed E-state index contributed by atoms with van der Waals surface area (Å²) in [7, 11) is 0. The van der Waals surface area contributed by atoms with Gasteiger partial charge >= 0.3 is 0 Å². The van der Waals surface area contributed by atoms with Crippen LogP contribution in [0.5, 0.6) is 0 Å². The summed E-state index contributed by atoms with van der Waals surface area (Å²) in [4.78, 5) is 30.7. The van der Waals surface area contributed by atoms with Crippen molar-refractivity contribution in [3.8, 4) is 11.3 Å². The number of anilines is 1. The van der Waals surface area contributed by atoms with E-state index in [2.05, 4.69) is 10.3 Å². The predicted octanol–water partition coefficient (Wildman–Crippen LogP) is 4.39. The molecule has 1 aliphatic heterocycles. The first kappa shape index (κ1) is 20.7.